The van der Waals surface area contributed by atoms with E-state index in [2.05, 4.69) is 20.8 Å². The van der Waals surface area contributed by atoms with Gasteiger partial charge in [0.1, 0.15) is 5.76 Å². The minimum absolute atomic E-state index is 0.267. The molecule has 0 aromatic carbocycles. The number of carbonyl (C=O) groups is 1. The number of hydrogen-bond donors (Lipinski definition) is 1. The highest BCUT2D eigenvalue weighted by Crippen LogP contribution is 2.68. The van der Waals surface area contributed by atoms with Gasteiger partial charge in [-0.25, -0.2) is 4.79 Å². The van der Waals surface area contributed by atoms with Crippen molar-refractivity contribution < 1.29 is 38.3 Å². The Hall–Kier alpha value is -1.19. The van der Waals surface area contributed by atoms with Crippen molar-refractivity contribution in [2.45, 2.75) is 154 Å². The third-order valence-corrected chi connectivity index (χ3v) is 13.5. The molecule has 3 heterocycles. The summed E-state index contributed by atoms with van der Waals surface area (Å²) >= 11 is 0. The van der Waals surface area contributed by atoms with Crippen molar-refractivity contribution in [2.24, 2.45) is 27.6 Å². The fraction of sp³-hybridized carbons (Fsp3) is 0.927. The highest BCUT2D eigenvalue weighted by atomic mass is 16.5. The molecule has 0 spiro atoms. The molecular formula is C41H68O8. The SMILES string of the molecule is CCCC1(CCCOC(=C(C)C(=O)O)C23CC4CC(OCCCC5(CCC)COC5)(CC(OCCCC5(CCC)COC5)(C4)C2)C3)COC1. The quantitative estimate of drug-likeness (QED) is 0.0648. The summed E-state index contributed by atoms with van der Waals surface area (Å²) in [7, 11) is 0. The third-order valence-electron chi connectivity index (χ3n) is 13.5. The van der Waals surface area contributed by atoms with E-state index in [0.29, 0.717) is 34.7 Å². The first-order valence-corrected chi connectivity index (χ1v) is 20.2. The Morgan fingerprint density at radius 3 is 1.43 bits per heavy atom. The molecule has 4 aliphatic carbocycles. The fourth-order valence-electron chi connectivity index (χ4n) is 11.7. The monoisotopic (exact) mass is 688 g/mol. The normalized spacial score (nSPS) is 33.7. The zero-order valence-electron chi connectivity index (χ0n) is 31.5. The summed E-state index contributed by atoms with van der Waals surface area (Å²) in [6.45, 7) is 15.8. The smallest absolute Gasteiger partial charge is 0.334 e. The number of carboxylic acid groups (broad SMARTS) is 1. The van der Waals surface area contributed by atoms with Crippen LogP contribution in [0.1, 0.15) is 143 Å². The van der Waals surface area contributed by atoms with Gasteiger partial charge in [-0.1, -0.05) is 40.0 Å². The van der Waals surface area contributed by atoms with Crippen molar-refractivity contribution in [1.29, 1.82) is 0 Å². The zero-order chi connectivity index (χ0) is 34.6. The molecule has 2 atom stereocenters. The molecule has 2 unspecified atom stereocenters. The van der Waals surface area contributed by atoms with Crippen LogP contribution in [0.25, 0.3) is 0 Å². The maximum absolute atomic E-state index is 12.7. The Labute approximate surface area is 296 Å². The van der Waals surface area contributed by atoms with Gasteiger partial charge in [0, 0.05) is 41.3 Å². The molecule has 7 aliphatic rings. The van der Waals surface area contributed by atoms with Crippen LogP contribution in [0.3, 0.4) is 0 Å². The molecule has 3 saturated heterocycles. The predicted octanol–water partition coefficient (Wildman–Crippen LogP) is 8.65. The number of carboxylic acids is 1. The van der Waals surface area contributed by atoms with E-state index in [1.165, 1.54) is 32.1 Å². The van der Waals surface area contributed by atoms with Crippen molar-refractivity contribution >= 4 is 5.97 Å². The van der Waals surface area contributed by atoms with Gasteiger partial charge in [0.15, 0.2) is 0 Å². The van der Waals surface area contributed by atoms with Crippen LogP contribution in [0.5, 0.6) is 0 Å². The van der Waals surface area contributed by atoms with Crippen LogP contribution in [-0.2, 0) is 33.2 Å². The topological polar surface area (TPSA) is 92.7 Å². The average Bonchev–Trinajstić information content (AvgIpc) is 3.00. The van der Waals surface area contributed by atoms with E-state index >= 15 is 0 Å². The van der Waals surface area contributed by atoms with Crippen LogP contribution in [0.15, 0.2) is 11.3 Å². The van der Waals surface area contributed by atoms with Gasteiger partial charge in [-0.05, 0) is 103 Å². The summed E-state index contributed by atoms with van der Waals surface area (Å²) in [5.74, 6) is 0.272. The third kappa shape index (κ3) is 8.09. The number of aliphatic carboxylic acids is 1. The minimum atomic E-state index is -0.876. The second-order valence-corrected chi connectivity index (χ2v) is 18.0. The number of hydrogen-bond acceptors (Lipinski definition) is 7. The van der Waals surface area contributed by atoms with Crippen LogP contribution in [-0.4, -0.2) is 81.7 Å². The second kappa shape index (κ2) is 15.4. The highest BCUT2D eigenvalue weighted by molar-refractivity contribution is 5.86. The molecule has 0 radical (unpaired) electrons. The van der Waals surface area contributed by atoms with Crippen LogP contribution in [0, 0.1) is 27.6 Å². The molecule has 0 aromatic heterocycles. The molecule has 4 bridgehead atoms. The first-order chi connectivity index (χ1) is 23.6. The van der Waals surface area contributed by atoms with Gasteiger partial charge in [-0.3, -0.25) is 0 Å². The predicted molar refractivity (Wildman–Crippen MR) is 189 cm³/mol. The van der Waals surface area contributed by atoms with Gasteiger partial charge in [0.25, 0.3) is 0 Å². The molecule has 7 fully saturated rings. The molecule has 49 heavy (non-hydrogen) atoms. The Bertz CT molecular complexity index is 1100. The minimum Gasteiger partial charge on any atom is -0.497 e. The van der Waals surface area contributed by atoms with Gasteiger partial charge < -0.3 is 33.5 Å². The maximum atomic E-state index is 12.7. The summed E-state index contributed by atoms with van der Waals surface area (Å²) in [6, 6.07) is 0. The van der Waals surface area contributed by atoms with E-state index in [-0.39, 0.29) is 22.0 Å². The van der Waals surface area contributed by atoms with E-state index in [4.69, 9.17) is 28.4 Å². The summed E-state index contributed by atoms with van der Waals surface area (Å²) < 4.78 is 37.8. The molecule has 1 N–H and O–H groups in total. The molecular weight excluding hydrogens is 620 g/mol. The second-order valence-electron chi connectivity index (χ2n) is 18.0. The molecule has 8 nitrogen and oxygen atoms in total. The first kappa shape index (κ1) is 37.6. The van der Waals surface area contributed by atoms with Crippen molar-refractivity contribution in [3.63, 3.8) is 0 Å². The van der Waals surface area contributed by atoms with E-state index in [0.717, 1.165) is 136 Å². The largest absolute Gasteiger partial charge is 0.497 e. The van der Waals surface area contributed by atoms with E-state index in [9.17, 15) is 9.90 Å². The lowest BCUT2D eigenvalue weighted by Crippen LogP contribution is -2.65. The van der Waals surface area contributed by atoms with Crippen molar-refractivity contribution in [1.82, 2.24) is 0 Å². The summed E-state index contributed by atoms with van der Waals surface area (Å²) in [6.07, 6.45) is 19.1. The highest BCUT2D eigenvalue weighted by Gasteiger charge is 2.66. The molecule has 3 aliphatic heterocycles. The van der Waals surface area contributed by atoms with Gasteiger partial charge in [0.2, 0.25) is 0 Å². The Balaban J connectivity index is 1.18. The average molecular weight is 689 g/mol. The lowest BCUT2D eigenvalue weighted by Gasteiger charge is -2.66. The maximum Gasteiger partial charge on any atom is 0.334 e. The lowest BCUT2D eigenvalue weighted by atomic mass is 9.45. The van der Waals surface area contributed by atoms with Crippen molar-refractivity contribution in [3.05, 3.63) is 11.3 Å². The summed E-state index contributed by atoms with van der Waals surface area (Å²) in [4.78, 5) is 12.7. The Kier molecular flexibility index (Phi) is 11.8. The Morgan fingerprint density at radius 1 is 0.633 bits per heavy atom. The molecule has 280 valence electrons. The van der Waals surface area contributed by atoms with Crippen LogP contribution in [0.4, 0.5) is 0 Å². The van der Waals surface area contributed by atoms with Crippen molar-refractivity contribution in [2.75, 3.05) is 59.5 Å². The van der Waals surface area contributed by atoms with Gasteiger partial charge >= 0.3 is 5.97 Å². The van der Waals surface area contributed by atoms with Crippen LogP contribution in [0.2, 0.25) is 0 Å². The summed E-state index contributed by atoms with van der Waals surface area (Å²) in [5, 5.41) is 10.4. The molecule has 0 amide bonds. The zero-order valence-corrected chi connectivity index (χ0v) is 31.5. The van der Waals surface area contributed by atoms with Gasteiger partial charge in [-0.2, -0.15) is 0 Å². The molecule has 0 aromatic rings. The molecule has 4 saturated carbocycles. The van der Waals surface area contributed by atoms with Gasteiger partial charge in [0.05, 0.1) is 63.0 Å². The number of rotatable bonds is 23. The Morgan fingerprint density at radius 2 is 1.06 bits per heavy atom. The van der Waals surface area contributed by atoms with Crippen molar-refractivity contribution in [3.8, 4) is 0 Å². The standard InChI is InChI=1S/C41H68O8/c1-5-11-36(26-44-27-36)14-8-17-47-34(32(4)35(42)43)39-20-33-21-40(23-39,48-18-9-15-37(12-6-2)28-45-29-37)25-41(22-33,24-39)49-19-10-16-38(13-7-3)30-46-31-38/h33H,5-31H2,1-4H3,(H,42,43). The van der Waals surface area contributed by atoms with Crippen LogP contribution < -0.4 is 0 Å². The van der Waals surface area contributed by atoms with E-state index < -0.39 is 5.97 Å². The molecule has 7 rings (SSSR count). The number of allylic oxidation sites excluding steroid dienone is 1. The number of ether oxygens (including phenoxy) is 6. The lowest BCUT2D eigenvalue weighted by molar-refractivity contribution is -0.262. The molecule has 8 heteroatoms. The van der Waals surface area contributed by atoms with E-state index in [1.807, 2.05) is 0 Å². The van der Waals surface area contributed by atoms with Crippen LogP contribution >= 0.6 is 0 Å². The van der Waals surface area contributed by atoms with Gasteiger partial charge in [-0.15, -0.1) is 0 Å². The summed E-state index contributed by atoms with van der Waals surface area (Å²) in [5.41, 5.74) is 0.300. The fourth-order valence-corrected chi connectivity index (χ4v) is 11.7. The van der Waals surface area contributed by atoms with E-state index in [1.54, 1.807) is 6.92 Å². The first-order valence-electron chi connectivity index (χ1n) is 20.2.